The smallest absolute Gasteiger partial charge is 0.269 e. The summed E-state index contributed by atoms with van der Waals surface area (Å²) in [6, 6.07) is 25.8. The zero-order chi connectivity index (χ0) is 18.9. The van der Waals surface area contributed by atoms with Crippen molar-refractivity contribution in [2.75, 3.05) is 0 Å². The molecule has 0 fully saturated rings. The SMILES string of the molecule is O=c1[nH]c(-c2ccccn2)nc2c(-c3ccccc3)c(-c3ccccc3)sc12. The average molecular weight is 381 g/mol. The number of hydrogen-bond donors (Lipinski definition) is 1. The van der Waals surface area contributed by atoms with Gasteiger partial charge in [-0.15, -0.1) is 11.3 Å². The minimum Gasteiger partial charge on any atom is -0.304 e. The van der Waals surface area contributed by atoms with Crippen LogP contribution in [0, 0.1) is 0 Å². The molecule has 0 saturated heterocycles. The summed E-state index contributed by atoms with van der Waals surface area (Å²) in [7, 11) is 0. The van der Waals surface area contributed by atoms with Gasteiger partial charge < -0.3 is 4.98 Å². The van der Waals surface area contributed by atoms with Crippen LogP contribution >= 0.6 is 11.3 Å². The lowest BCUT2D eigenvalue weighted by molar-refractivity contribution is 1.15. The first-order valence-electron chi connectivity index (χ1n) is 8.90. The zero-order valence-corrected chi connectivity index (χ0v) is 15.6. The van der Waals surface area contributed by atoms with E-state index in [9.17, 15) is 4.79 Å². The molecular weight excluding hydrogens is 366 g/mol. The molecule has 0 spiro atoms. The largest absolute Gasteiger partial charge is 0.304 e. The minimum absolute atomic E-state index is 0.144. The van der Waals surface area contributed by atoms with E-state index in [1.54, 1.807) is 6.20 Å². The van der Waals surface area contributed by atoms with Crippen molar-refractivity contribution in [3.8, 4) is 33.1 Å². The molecule has 1 N–H and O–H groups in total. The van der Waals surface area contributed by atoms with E-state index in [2.05, 4.69) is 34.2 Å². The number of nitrogens with zero attached hydrogens (tertiary/aromatic N) is 2. The third-order valence-electron chi connectivity index (χ3n) is 4.55. The number of aromatic amines is 1. The van der Waals surface area contributed by atoms with Gasteiger partial charge in [-0.05, 0) is 23.3 Å². The second kappa shape index (κ2) is 6.87. The van der Waals surface area contributed by atoms with Crippen LogP contribution in [0.1, 0.15) is 0 Å². The fourth-order valence-corrected chi connectivity index (χ4v) is 4.44. The molecule has 0 aliphatic carbocycles. The topological polar surface area (TPSA) is 58.6 Å². The van der Waals surface area contributed by atoms with Crippen LogP contribution < -0.4 is 5.56 Å². The first kappa shape index (κ1) is 16.6. The predicted octanol–water partition coefficient (Wildman–Crippen LogP) is 5.38. The second-order valence-corrected chi connectivity index (χ2v) is 7.37. The summed E-state index contributed by atoms with van der Waals surface area (Å²) in [6.45, 7) is 0. The maximum atomic E-state index is 12.9. The number of thiophene rings is 1. The highest BCUT2D eigenvalue weighted by atomic mass is 32.1. The Morgan fingerprint density at radius 1 is 0.786 bits per heavy atom. The Labute approximate surface area is 165 Å². The van der Waals surface area contributed by atoms with Gasteiger partial charge in [-0.2, -0.15) is 0 Å². The number of nitrogens with one attached hydrogen (secondary N) is 1. The van der Waals surface area contributed by atoms with Crippen molar-refractivity contribution in [3.63, 3.8) is 0 Å². The molecule has 0 aliphatic rings. The van der Waals surface area contributed by atoms with Gasteiger partial charge in [0.1, 0.15) is 10.4 Å². The van der Waals surface area contributed by atoms with Crippen LogP contribution in [0.4, 0.5) is 0 Å². The van der Waals surface area contributed by atoms with Gasteiger partial charge in [-0.25, -0.2) is 4.98 Å². The highest BCUT2D eigenvalue weighted by Crippen LogP contribution is 2.42. The van der Waals surface area contributed by atoms with Gasteiger partial charge in [0.15, 0.2) is 5.82 Å². The van der Waals surface area contributed by atoms with Gasteiger partial charge in [-0.1, -0.05) is 66.7 Å². The van der Waals surface area contributed by atoms with E-state index in [0.29, 0.717) is 21.7 Å². The molecule has 28 heavy (non-hydrogen) atoms. The molecule has 0 saturated carbocycles. The van der Waals surface area contributed by atoms with Gasteiger partial charge in [0.2, 0.25) is 0 Å². The number of aromatic nitrogens is 3. The van der Waals surface area contributed by atoms with Crippen molar-refractivity contribution in [2.24, 2.45) is 0 Å². The quantitative estimate of drug-likeness (QED) is 0.456. The molecule has 0 amide bonds. The summed E-state index contributed by atoms with van der Waals surface area (Å²) in [5.41, 5.74) is 4.30. The molecule has 4 nitrogen and oxygen atoms in total. The van der Waals surface area contributed by atoms with E-state index in [4.69, 9.17) is 4.98 Å². The standard InChI is InChI=1S/C23H15N3OS/c27-23-21-19(25-22(26-23)17-13-7-8-14-24-17)18(15-9-3-1-4-10-15)20(28-21)16-11-5-2-6-12-16/h1-14H,(H,25,26,27). The molecule has 5 rings (SSSR count). The fraction of sp³-hybridized carbons (Fsp3) is 0. The van der Waals surface area contributed by atoms with Crippen LogP contribution in [0.15, 0.2) is 89.9 Å². The van der Waals surface area contributed by atoms with E-state index in [0.717, 1.165) is 21.6 Å². The number of benzene rings is 2. The molecule has 134 valence electrons. The van der Waals surface area contributed by atoms with E-state index < -0.39 is 0 Å². The summed E-state index contributed by atoms with van der Waals surface area (Å²) in [4.78, 5) is 26.0. The Balaban J connectivity index is 1.86. The van der Waals surface area contributed by atoms with Crippen molar-refractivity contribution < 1.29 is 0 Å². The molecule has 5 aromatic rings. The fourth-order valence-electron chi connectivity index (χ4n) is 3.28. The molecule has 0 radical (unpaired) electrons. The molecule has 2 aromatic carbocycles. The summed E-state index contributed by atoms with van der Waals surface area (Å²) < 4.78 is 0.623. The molecular formula is C23H15N3OS. The van der Waals surface area contributed by atoms with Crippen molar-refractivity contribution in [1.29, 1.82) is 0 Å². The maximum Gasteiger partial charge on any atom is 0.269 e. The Hall–Kier alpha value is -3.57. The van der Waals surface area contributed by atoms with E-state index in [-0.39, 0.29) is 5.56 Å². The summed E-state index contributed by atoms with van der Waals surface area (Å²) in [6.07, 6.45) is 1.70. The molecule has 0 atom stereocenters. The monoisotopic (exact) mass is 381 g/mol. The summed E-state index contributed by atoms with van der Waals surface area (Å²) in [5, 5.41) is 0. The first-order valence-corrected chi connectivity index (χ1v) is 9.72. The molecule has 0 bridgehead atoms. The Bertz CT molecular complexity index is 1310. The van der Waals surface area contributed by atoms with Crippen molar-refractivity contribution in [1.82, 2.24) is 15.0 Å². The summed E-state index contributed by atoms with van der Waals surface area (Å²) >= 11 is 1.48. The highest BCUT2D eigenvalue weighted by molar-refractivity contribution is 7.22. The number of rotatable bonds is 3. The number of H-pyrrole nitrogens is 1. The van der Waals surface area contributed by atoms with Crippen LogP contribution in [-0.2, 0) is 0 Å². The van der Waals surface area contributed by atoms with Crippen molar-refractivity contribution >= 4 is 21.6 Å². The second-order valence-electron chi connectivity index (χ2n) is 6.35. The van der Waals surface area contributed by atoms with E-state index in [1.165, 1.54) is 11.3 Å². The van der Waals surface area contributed by atoms with Crippen LogP contribution in [0.5, 0.6) is 0 Å². The molecule has 0 aliphatic heterocycles. The zero-order valence-electron chi connectivity index (χ0n) is 14.8. The van der Waals surface area contributed by atoms with Crippen LogP contribution in [-0.4, -0.2) is 15.0 Å². The third kappa shape index (κ3) is 2.82. The van der Waals surface area contributed by atoms with E-state index in [1.807, 2.05) is 54.6 Å². The number of fused-ring (bicyclic) bond motifs is 1. The Kier molecular flexibility index (Phi) is 4.07. The van der Waals surface area contributed by atoms with Gasteiger partial charge >= 0.3 is 0 Å². The minimum atomic E-state index is -0.144. The number of pyridine rings is 1. The third-order valence-corrected chi connectivity index (χ3v) is 5.78. The predicted molar refractivity (Wildman–Crippen MR) is 114 cm³/mol. The highest BCUT2D eigenvalue weighted by Gasteiger charge is 2.20. The molecule has 3 heterocycles. The van der Waals surface area contributed by atoms with Gasteiger partial charge in [0.25, 0.3) is 5.56 Å². The van der Waals surface area contributed by atoms with Gasteiger partial charge in [-0.3, -0.25) is 9.78 Å². The van der Waals surface area contributed by atoms with Crippen LogP contribution in [0.25, 0.3) is 43.3 Å². The lowest BCUT2D eigenvalue weighted by atomic mass is 10.0. The molecule has 5 heteroatoms. The van der Waals surface area contributed by atoms with E-state index >= 15 is 0 Å². The lowest BCUT2D eigenvalue weighted by Gasteiger charge is -2.06. The first-order chi connectivity index (χ1) is 13.8. The van der Waals surface area contributed by atoms with Gasteiger partial charge in [0.05, 0.1) is 5.52 Å². The van der Waals surface area contributed by atoms with Crippen molar-refractivity contribution in [3.05, 3.63) is 95.4 Å². The summed E-state index contributed by atoms with van der Waals surface area (Å²) in [5.74, 6) is 0.479. The normalized spacial score (nSPS) is 11.0. The number of hydrogen-bond acceptors (Lipinski definition) is 4. The lowest BCUT2D eigenvalue weighted by Crippen LogP contribution is -2.08. The Morgan fingerprint density at radius 3 is 2.14 bits per heavy atom. The van der Waals surface area contributed by atoms with Gasteiger partial charge in [0, 0.05) is 16.6 Å². The average Bonchev–Trinajstić information content (AvgIpc) is 3.16. The molecule has 3 aromatic heterocycles. The van der Waals surface area contributed by atoms with Crippen LogP contribution in [0.2, 0.25) is 0 Å². The van der Waals surface area contributed by atoms with Crippen molar-refractivity contribution in [2.45, 2.75) is 0 Å². The molecule has 0 unspecified atom stereocenters. The maximum absolute atomic E-state index is 12.9. The van der Waals surface area contributed by atoms with Crippen LogP contribution in [0.3, 0.4) is 0 Å². The Morgan fingerprint density at radius 2 is 1.46 bits per heavy atom.